The van der Waals surface area contributed by atoms with Crippen LogP contribution in [0.1, 0.15) is 6.42 Å². The lowest BCUT2D eigenvalue weighted by atomic mass is 10.0. The summed E-state index contributed by atoms with van der Waals surface area (Å²) in [6.07, 6.45) is 4.47. The third-order valence-corrected chi connectivity index (χ3v) is 1.64. The van der Waals surface area contributed by atoms with Crippen LogP contribution in [0.15, 0.2) is 12.3 Å². The predicted molar refractivity (Wildman–Crippen MR) is 37.5 cm³/mol. The van der Waals surface area contributed by atoms with Gasteiger partial charge in [0.25, 0.3) is 0 Å². The maximum Gasteiger partial charge on any atom is 0.308 e. The van der Waals surface area contributed by atoms with E-state index >= 15 is 0 Å². The highest BCUT2D eigenvalue weighted by Crippen LogP contribution is 2.11. The molecule has 56 valence electrons. The largest absolute Gasteiger partial charge is 0.481 e. The molecule has 0 radical (unpaired) electrons. The Kier molecular flexibility index (Phi) is 1.94. The maximum atomic E-state index is 10.4. The molecule has 0 amide bonds. The third-order valence-electron chi connectivity index (χ3n) is 1.64. The molecular weight excluding hydrogens is 130 g/mol. The second-order valence-electron chi connectivity index (χ2n) is 2.60. The molecule has 0 saturated carbocycles. The molecule has 1 aliphatic heterocycles. The van der Waals surface area contributed by atoms with Crippen molar-refractivity contribution in [1.29, 1.82) is 0 Å². The van der Waals surface area contributed by atoms with Crippen molar-refractivity contribution < 1.29 is 9.90 Å². The monoisotopic (exact) mass is 141 g/mol. The van der Waals surface area contributed by atoms with Crippen LogP contribution in [0.2, 0.25) is 0 Å². The Hall–Kier alpha value is -0.990. The minimum atomic E-state index is -0.698. The van der Waals surface area contributed by atoms with Gasteiger partial charge in [-0.1, -0.05) is 6.08 Å². The highest BCUT2D eigenvalue weighted by atomic mass is 16.4. The van der Waals surface area contributed by atoms with Gasteiger partial charge in [-0.05, 0) is 12.6 Å². The molecule has 0 unspecified atom stereocenters. The molecule has 0 spiro atoms. The number of carboxylic acids is 1. The van der Waals surface area contributed by atoms with Crippen molar-refractivity contribution in [1.82, 2.24) is 4.90 Å². The summed E-state index contributed by atoms with van der Waals surface area (Å²) in [6, 6.07) is 0. The van der Waals surface area contributed by atoms with Gasteiger partial charge < -0.3 is 10.0 Å². The van der Waals surface area contributed by atoms with Gasteiger partial charge in [-0.2, -0.15) is 0 Å². The maximum absolute atomic E-state index is 10.4. The van der Waals surface area contributed by atoms with Crippen LogP contribution < -0.4 is 0 Å². The zero-order valence-corrected chi connectivity index (χ0v) is 5.95. The number of hydrogen-bond donors (Lipinski definition) is 1. The number of aliphatic carboxylic acids is 1. The van der Waals surface area contributed by atoms with Gasteiger partial charge in [0, 0.05) is 13.6 Å². The SMILES string of the molecule is CN1C=CC[C@H](C(=O)O)C1. The number of nitrogens with zero attached hydrogens (tertiary/aromatic N) is 1. The van der Waals surface area contributed by atoms with E-state index in [1.807, 2.05) is 24.2 Å². The summed E-state index contributed by atoms with van der Waals surface area (Å²) in [6.45, 7) is 0.631. The van der Waals surface area contributed by atoms with Crippen molar-refractivity contribution in [2.24, 2.45) is 5.92 Å². The summed E-state index contributed by atoms with van der Waals surface area (Å²) in [4.78, 5) is 12.3. The van der Waals surface area contributed by atoms with Gasteiger partial charge in [0.15, 0.2) is 0 Å². The first-order chi connectivity index (χ1) is 4.70. The Bertz CT molecular complexity index is 165. The average molecular weight is 141 g/mol. The zero-order chi connectivity index (χ0) is 7.56. The van der Waals surface area contributed by atoms with Crippen molar-refractivity contribution in [3.8, 4) is 0 Å². The molecule has 1 rings (SSSR count). The predicted octanol–water partition coefficient (Wildman–Crippen LogP) is 0.536. The molecule has 10 heavy (non-hydrogen) atoms. The van der Waals surface area contributed by atoms with Crippen molar-refractivity contribution in [3.63, 3.8) is 0 Å². The van der Waals surface area contributed by atoms with Gasteiger partial charge >= 0.3 is 5.97 Å². The molecule has 0 bridgehead atoms. The molecule has 1 atom stereocenters. The second-order valence-corrected chi connectivity index (χ2v) is 2.60. The van der Waals surface area contributed by atoms with E-state index in [4.69, 9.17) is 5.11 Å². The Labute approximate surface area is 59.9 Å². The van der Waals surface area contributed by atoms with Crippen molar-refractivity contribution in [2.45, 2.75) is 6.42 Å². The number of allylic oxidation sites excluding steroid dienone is 1. The summed E-state index contributed by atoms with van der Waals surface area (Å²) < 4.78 is 0. The minimum absolute atomic E-state index is 0.213. The Morgan fingerprint density at radius 2 is 2.50 bits per heavy atom. The fourth-order valence-electron chi connectivity index (χ4n) is 1.07. The topological polar surface area (TPSA) is 40.5 Å². The van der Waals surface area contributed by atoms with Crippen LogP contribution in [0, 0.1) is 5.92 Å². The zero-order valence-electron chi connectivity index (χ0n) is 5.95. The Morgan fingerprint density at radius 3 is 2.90 bits per heavy atom. The number of carbonyl (C=O) groups is 1. The fraction of sp³-hybridized carbons (Fsp3) is 0.571. The van der Waals surface area contributed by atoms with Crippen molar-refractivity contribution in [3.05, 3.63) is 12.3 Å². The molecule has 1 heterocycles. The summed E-state index contributed by atoms with van der Waals surface area (Å²) in [5.74, 6) is -0.911. The van der Waals surface area contributed by atoms with Gasteiger partial charge in [0.2, 0.25) is 0 Å². The first-order valence-corrected chi connectivity index (χ1v) is 3.30. The van der Waals surface area contributed by atoms with E-state index in [9.17, 15) is 4.79 Å². The van der Waals surface area contributed by atoms with Gasteiger partial charge in [0.05, 0.1) is 5.92 Å². The van der Waals surface area contributed by atoms with Gasteiger partial charge in [-0.25, -0.2) is 0 Å². The first-order valence-electron chi connectivity index (χ1n) is 3.30. The van der Waals surface area contributed by atoms with E-state index in [0.717, 1.165) is 0 Å². The van der Waals surface area contributed by atoms with Gasteiger partial charge in [-0.3, -0.25) is 4.79 Å². The molecule has 0 aliphatic carbocycles. The second kappa shape index (κ2) is 2.73. The summed E-state index contributed by atoms with van der Waals surface area (Å²) >= 11 is 0. The van der Waals surface area contributed by atoms with E-state index in [1.165, 1.54) is 0 Å². The van der Waals surface area contributed by atoms with Crippen LogP contribution in [0.25, 0.3) is 0 Å². The number of rotatable bonds is 1. The molecule has 0 aromatic carbocycles. The third kappa shape index (κ3) is 1.50. The molecule has 3 heteroatoms. The molecular formula is C7H11NO2. The molecule has 1 aliphatic rings. The lowest BCUT2D eigenvalue weighted by Crippen LogP contribution is -2.29. The summed E-state index contributed by atoms with van der Waals surface area (Å²) in [5.41, 5.74) is 0. The van der Waals surface area contributed by atoms with Crippen molar-refractivity contribution in [2.75, 3.05) is 13.6 Å². The molecule has 0 aromatic rings. The quantitative estimate of drug-likeness (QED) is 0.579. The van der Waals surface area contributed by atoms with Gasteiger partial charge in [-0.15, -0.1) is 0 Å². The molecule has 1 N–H and O–H groups in total. The van der Waals surface area contributed by atoms with Crippen LogP contribution in [0.3, 0.4) is 0 Å². The average Bonchev–Trinajstić information content (AvgIpc) is 1.88. The number of carboxylic acid groups (broad SMARTS) is 1. The van der Waals surface area contributed by atoms with Crippen LogP contribution in [0.5, 0.6) is 0 Å². The van der Waals surface area contributed by atoms with E-state index < -0.39 is 5.97 Å². The minimum Gasteiger partial charge on any atom is -0.481 e. The molecule has 0 fully saturated rings. The Morgan fingerprint density at radius 1 is 1.80 bits per heavy atom. The number of hydrogen-bond acceptors (Lipinski definition) is 2. The lowest BCUT2D eigenvalue weighted by Gasteiger charge is -2.22. The molecule has 0 saturated heterocycles. The van der Waals surface area contributed by atoms with Crippen LogP contribution >= 0.6 is 0 Å². The van der Waals surface area contributed by atoms with Crippen molar-refractivity contribution >= 4 is 5.97 Å². The van der Waals surface area contributed by atoms with E-state index in [-0.39, 0.29) is 5.92 Å². The van der Waals surface area contributed by atoms with E-state index in [1.54, 1.807) is 0 Å². The van der Waals surface area contributed by atoms with Crippen LogP contribution in [0.4, 0.5) is 0 Å². The lowest BCUT2D eigenvalue weighted by molar-refractivity contribution is -0.142. The first kappa shape index (κ1) is 7.12. The summed E-state index contributed by atoms with van der Waals surface area (Å²) in [5, 5.41) is 8.60. The standard InChI is InChI=1S/C7H11NO2/c1-8-4-2-3-6(5-8)7(9)10/h2,4,6H,3,5H2,1H3,(H,9,10)/t6-/m0/s1. The Balaban J connectivity index is 2.52. The summed E-state index contributed by atoms with van der Waals surface area (Å²) in [7, 11) is 1.88. The molecule has 3 nitrogen and oxygen atoms in total. The normalized spacial score (nSPS) is 24.9. The van der Waals surface area contributed by atoms with E-state index in [2.05, 4.69) is 0 Å². The molecule has 0 aromatic heterocycles. The van der Waals surface area contributed by atoms with E-state index in [0.29, 0.717) is 13.0 Å². The smallest absolute Gasteiger partial charge is 0.308 e. The van der Waals surface area contributed by atoms with Crippen LogP contribution in [-0.4, -0.2) is 29.6 Å². The fourth-order valence-corrected chi connectivity index (χ4v) is 1.07. The highest BCUT2D eigenvalue weighted by Gasteiger charge is 2.19. The highest BCUT2D eigenvalue weighted by molar-refractivity contribution is 5.70. The van der Waals surface area contributed by atoms with Gasteiger partial charge in [0.1, 0.15) is 0 Å². The van der Waals surface area contributed by atoms with Crippen LogP contribution in [-0.2, 0) is 4.79 Å².